The Labute approximate surface area is 188 Å². The Balaban J connectivity index is 1.59. The molecule has 2 aliphatic heterocycles. The van der Waals surface area contributed by atoms with Crippen molar-refractivity contribution in [2.75, 3.05) is 28.3 Å². The first-order valence-electron chi connectivity index (χ1n) is 10.3. The lowest BCUT2D eigenvalue weighted by Crippen LogP contribution is -2.36. The zero-order chi connectivity index (χ0) is 22.3. The molecule has 1 saturated heterocycles. The Bertz CT molecular complexity index is 1170. The van der Waals surface area contributed by atoms with Gasteiger partial charge in [-0.05, 0) is 74.2 Å². The second kappa shape index (κ2) is 8.31. The second-order valence-electron chi connectivity index (χ2n) is 8.41. The number of fused-ring (bicyclic) bond motifs is 1. The van der Waals surface area contributed by atoms with Gasteiger partial charge < -0.3 is 10.2 Å². The number of nitrogens with zero attached hydrogens (tertiary/aromatic N) is 2. The molecule has 2 atom stereocenters. The van der Waals surface area contributed by atoms with E-state index in [9.17, 15) is 13.2 Å². The topological polar surface area (TPSA) is 78.8 Å². The van der Waals surface area contributed by atoms with Gasteiger partial charge in [-0.2, -0.15) is 0 Å². The number of thioether (sulfide) groups is 1. The number of nitrogens with one attached hydrogen (secondary N) is 1. The number of carbonyl (C=O) groups excluding carboxylic acids is 1. The van der Waals surface area contributed by atoms with Crippen LogP contribution >= 0.6 is 11.8 Å². The third-order valence-corrected chi connectivity index (χ3v) is 9.18. The van der Waals surface area contributed by atoms with Crippen LogP contribution in [0.3, 0.4) is 0 Å². The molecule has 164 valence electrons. The SMILES string of the molecule is Cc1ccc(NC(=O)CN(C2=N[C@@H]3CS(=O)(=O)C[C@H]3S2)c2ccc(C)c(C)c2)cc1C. The number of hydrogen-bond acceptors (Lipinski definition) is 6. The summed E-state index contributed by atoms with van der Waals surface area (Å²) in [7, 11) is -3.03. The molecule has 2 aliphatic rings. The zero-order valence-electron chi connectivity index (χ0n) is 18.2. The molecule has 0 unspecified atom stereocenters. The van der Waals surface area contributed by atoms with Crippen LogP contribution in [-0.2, 0) is 14.6 Å². The van der Waals surface area contributed by atoms with Crippen LogP contribution in [0.15, 0.2) is 41.4 Å². The fraction of sp³-hybridized carbons (Fsp3) is 0.391. The van der Waals surface area contributed by atoms with Crippen molar-refractivity contribution < 1.29 is 13.2 Å². The fourth-order valence-corrected chi connectivity index (χ4v) is 7.58. The number of aliphatic imine (C=N–C) groups is 1. The molecular weight excluding hydrogens is 430 g/mol. The van der Waals surface area contributed by atoms with Crippen molar-refractivity contribution in [2.24, 2.45) is 4.99 Å². The Morgan fingerprint density at radius 3 is 2.35 bits per heavy atom. The second-order valence-corrected chi connectivity index (χ2v) is 11.8. The maximum Gasteiger partial charge on any atom is 0.244 e. The van der Waals surface area contributed by atoms with Crippen LogP contribution in [0, 0.1) is 27.7 Å². The number of aryl methyl sites for hydroxylation is 4. The first-order chi connectivity index (χ1) is 14.6. The number of sulfone groups is 1. The average Bonchev–Trinajstić information content (AvgIpc) is 3.18. The van der Waals surface area contributed by atoms with Gasteiger partial charge in [0, 0.05) is 16.6 Å². The molecule has 31 heavy (non-hydrogen) atoms. The Morgan fingerprint density at radius 2 is 1.71 bits per heavy atom. The van der Waals surface area contributed by atoms with Crippen molar-refractivity contribution in [1.29, 1.82) is 0 Å². The van der Waals surface area contributed by atoms with Crippen LogP contribution in [0.4, 0.5) is 11.4 Å². The molecule has 0 saturated carbocycles. The molecule has 2 aromatic rings. The smallest absolute Gasteiger partial charge is 0.244 e. The highest BCUT2D eigenvalue weighted by molar-refractivity contribution is 8.15. The summed E-state index contributed by atoms with van der Waals surface area (Å²) in [5.41, 5.74) is 6.24. The van der Waals surface area contributed by atoms with E-state index in [0.717, 1.165) is 22.5 Å². The highest BCUT2D eigenvalue weighted by Crippen LogP contribution is 2.37. The number of hydrogen-bond donors (Lipinski definition) is 1. The molecule has 0 bridgehead atoms. The quantitative estimate of drug-likeness (QED) is 0.758. The summed E-state index contributed by atoms with van der Waals surface area (Å²) in [6.07, 6.45) is 0. The van der Waals surface area contributed by atoms with E-state index in [-0.39, 0.29) is 35.2 Å². The largest absolute Gasteiger partial charge is 0.325 e. The lowest BCUT2D eigenvalue weighted by atomic mass is 10.1. The van der Waals surface area contributed by atoms with Gasteiger partial charge in [0.1, 0.15) is 6.54 Å². The van der Waals surface area contributed by atoms with Crippen molar-refractivity contribution in [3.8, 4) is 0 Å². The standard InChI is InChI=1S/C23H27N3O3S2/c1-14-5-7-18(9-16(14)3)24-22(27)11-26(19-8-6-15(2)17(4)10-19)23-25-20-12-31(28,29)13-21(20)30-23/h5-10,20-21H,11-13H2,1-4H3,(H,24,27)/t20-,21-/m1/s1. The molecule has 0 aromatic heterocycles. The third-order valence-electron chi connectivity index (χ3n) is 5.93. The van der Waals surface area contributed by atoms with Gasteiger partial charge >= 0.3 is 0 Å². The van der Waals surface area contributed by atoms with E-state index in [2.05, 4.69) is 5.32 Å². The molecule has 1 N–H and O–H groups in total. The van der Waals surface area contributed by atoms with E-state index < -0.39 is 9.84 Å². The van der Waals surface area contributed by atoms with Gasteiger partial charge in [0.05, 0.1) is 17.5 Å². The van der Waals surface area contributed by atoms with E-state index in [1.807, 2.05) is 69.0 Å². The lowest BCUT2D eigenvalue weighted by molar-refractivity contribution is -0.114. The minimum absolute atomic E-state index is 0.0724. The van der Waals surface area contributed by atoms with Crippen molar-refractivity contribution in [1.82, 2.24) is 0 Å². The first-order valence-corrected chi connectivity index (χ1v) is 13.0. The molecule has 0 spiro atoms. The number of carbonyl (C=O) groups is 1. The van der Waals surface area contributed by atoms with Gasteiger partial charge in [-0.25, -0.2) is 8.42 Å². The number of benzene rings is 2. The van der Waals surface area contributed by atoms with Crippen LogP contribution in [-0.4, -0.2) is 48.8 Å². The van der Waals surface area contributed by atoms with Crippen LogP contribution in [0.2, 0.25) is 0 Å². The zero-order valence-corrected chi connectivity index (χ0v) is 19.8. The molecule has 1 fully saturated rings. The van der Waals surface area contributed by atoms with Crippen molar-refractivity contribution in [3.63, 3.8) is 0 Å². The minimum atomic E-state index is -3.03. The van der Waals surface area contributed by atoms with Crippen molar-refractivity contribution >= 4 is 44.0 Å². The van der Waals surface area contributed by atoms with Gasteiger partial charge in [-0.1, -0.05) is 23.9 Å². The Morgan fingerprint density at radius 1 is 1.03 bits per heavy atom. The van der Waals surface area contributed by atoms with E-state index in [1.54, 1.807) is 0 Å². The average molecular weight is 458 g/mol. The highest BCUT2D eigenvalue weighted by Gasteiger charge is 2.44. The molecular formula is C23H27N3O3S2. The van der Waals surface area contributed by atoms with Gasteiger partial charge in [0.25, 0.3) is 0 Å². The van der Waals surface area contributed by atoms with Crippen LogP contribution < -0.4 is 10.2 Å². The van der Waals surface area contributed by atoms with E-state index >= 15 is 0 Å². The Kier molecular flexibility index (Phi) is 5.87. The monoisotopic (exact) mass is 457 g/mol. The third kappa shape index (κ3) is 4.80. The summed E-state index contributed by atoms with van der Waals surface area (Å²) in [5.74, 6) is 0.0868. The summed E-state index contributed by atoms with van der Waals surface area (Å²) in [6.45, 7) is 8.25. The number of anilines is 2. The minimum Gasteiger partial charge on any atom is -0.325 e. The van der Waals surface area contributed by atoms with Crippen molar-refractivity contribution in [3.05, 3.63) is 58.7 Å². The maximum absolute atomic E-state index is 12.9. The number of rotatable bonds is 4. The summed E-state index contributed by atoms with van der Waals surface area (Å²) >= 11 is 1.47. The molecule has 8 heteroatoms. The van der Waals surface area contributed by atoms with Gasteiger partial charge in [-0.3, -0.25) is 9.79 Å². The van der Waals surface area contributed by atoms with Crippen LogP contribution in [0.5, 0.6) is 0 Å². The first kappa shape index (κ1) is 21.9. The number of amidine groups is 1. The van der Waals surface area contributed by atoms with Crippen molar-refractivity contribution in [2.45, 2.75) is 39.0 Å². The normalized spacial score (nSPS) is 21.5. The summed E-state index contributed by atoms with van der Waals surface area (Å²) < 4.78 is 23.9. The van der Waals surface area contributed by atoms with Crippen LogP contribution in [0.25, 0.3) is 0 Å². The molecule has 0 aliphatic carbocycles. The summed E-state index contributed by atoms with van der Waals surface area (Å²) in [5, 5.41) is 3.62. The van der Waals surface area contributed by atoms with Gasteiger partial charge in [-0.15, -0.1) is 0 Å². The summed E-state index contributed by atoms with van der Waals surface area (Å²) in [4.78, 5) is 19.5. The maximum atomic E-state index is 12.9. The van der Waals surface area contributed by atoms with E-state index in [1.165, 1.54) is 22.9 Å². The van der Waals surface area contributed by atoms with Gasteiger partial charge in [0.2, 0.25) is 5.91 Å². The lowest BCUT2D eigenvalue weighted by Gasteiger charge is -2.25. The molecule has 2 aromatic carbocycles. The molecule has 1 amide bonds. The van der Waals surface area contributed by atoms with E-state index in [0.29, 0.717) is 5.17 Å². The molecule has 4 rings (SSSR count). The summed E-state index contributed by atoms with van der Waals surface area (Å²) in [6, 6.07) is 11.7. The fourth-order valence-electron chi connectivity index (χ4n) is 3.80. The molecule has 2 heterocycles. The van der Waals surface area contributed by atoms with Crippen LogP contribution in [0.1, 0.15) is 22.3 Å². The predicted molar refractivity (Wildman–Crippen MR) is 129 cm³/mol. The predicted octanol–water partition coefficient (Wildman–Crippen LogP) is 3.63. The van der Waals surface area contributed by atoms with E-state index in [4.69, 9.17) is 4.99 Å². The highest BCUT2D eigenvalue weighted by atomic mass is 32.2. The molecule has 0 radical (unpaired) electrons. The van der Waals surface area contributed by atoms with Gasteiger partial charge in [0.15, 0.2) is 15.0 Å². The molecule has 6 nitrogen and oxygen atoms in total. The number of amides is 1. The Hall–Kier alpha value is -2.32.